The lowest BCUT2D eigenvalue weighted by atomic mass is 10.1. The first-order valence-electron chi connectivity index (χ1n) is 8.25. The third-order valence-corrected chi connectivity index (χ3v) is 5.09. The molecule has 0 saturated carbocycles. The molecule has 0 aliphatic rings. The highest BCUT2D eigenvalue weighted by Crippen LogP contribution is 2.33. The number of aromatic nitrogens is 2. The van der Waals surface area contributed by atoms with E-state index in [4.69, 9.17) is 4.98 Å². The Hall–Kier alpha value is -2.53. The van der Waals surface area contributed by atoms with Gasteiger partial charge in [-0.15, -0.1) is 0 Å². The van der Waals surface area contributed by atoms with Crippen LogP contribution < -0.4 is 0 Å². The molecule has 128 valence electrons. The minimum absolute atomic E-state index is 0.365. The van der Waals surface area contributed by atoms with Crippen LogP contribution in [0, 0.1) is 5.92 Å². The molecular weight excluding hydrogens is 332 g/mol. The molecule has 0 aliphatic carbocycles. The first-order valence-corrected chi connectivity index (χ1v) is 9.24. The Labute approximate surface area is 151 Å². The molecule has 4 nitrogen and oxygen atoms in total. The van der Waals surface area contributed by atoms with Crippen molar-refractivity contribution in [1.82, 2.24) is 9.97 Å². The summed E-state index contributed by atoms with van der Waals surface area (Å²) in [5, 5.41) is 9.97. The van der Waals surface area contributed by atoms with Crippen LogP contribution in [0.5, 0.6) is 0 Å². The maximum absolute atomic E-state index is 11.2. The fraction of sp³-hybridized carbons (Fsp3) is 0.200. The summed E-state index contributed by atoms with van der Waals surface area (Å²) >= 11 is 1.46. The van der Waals surface area contributed by atoms with Crippen LogP contribution in [-0.2, 0) is 4.79 Å². The molecule has 3 rings (SSSR count). The molecule has 0 unspecified atom stereocenters. The van der Waals surface area contributed by atoms with Crippen molar-refractivity contribution in [3.63, 3.8) is 0 Å². The van der Waals surface area contributed by atoms with Crippen molar-refractivity contribution in [3.05, 3.63) is 60.7 Å². The monoisotopic (exact) mass is 352 g/mol. The molecule has 25 heavy (non-hydrogen) atoms. The van der Waals surface area contributed by atoms with Crippen LogP contribution in [0.2, 0.25) is 0 Å². The highest BCUT2D eigenvalue weighted by atomic mass is 32.2. The topological polar surface area (TPSA) is 66.0 Å². The summed E-state index contributed by atoms with van der Waals surface area (Å²) in [7, 11) is 0. The number of benzene rings is 2. The maximum atomic E-state index is 11.2. The predicted octanol–water partition coefficient (Wildman–Crippen LogP) is 4.95. The highest BCUT2D eigenvalue weighted by molar-refractivity contribution is 7.99. The second kappa shape index (κ2) is 8.03. The lowest BCUT2D eigenvalue weighted by Gasteiger charge is -2.06. The van der Waals surface area contributed by atoms with Crippen molar-refractivity contribution in [2.75, 3.05) is 5.75 Å². The van der Waals surface area contributed by atoms with Crippen molar-refractivity contribution in [2.45, 2.75) is 18.5 Å². The number of nitrogens with one attached hydrogen (secondary N) is 1. The molecule has 0 fully saturated rings. The van der Waals surface area contributed by atoms with E-state index >= 15 is 0 Å². The van der Waals surface area contributed by atoms with E-state index in [2.05, 4.69) is 4.98 Å². The van der Waals surface area contributed by atoms with Crippen LogP contribution in [0.3, 0.4) is 0 Å². The van der Waals surface area contributed by atoms with Crippen LogP contribution in [-0.4, -0.2) is 26.8 Å². The number of hydrogen-bond donors (Lipinski definition) is 2. The summed E-state index contributed by atoms with van der Waals surface area (Å²) in [6.07, 6.45) is 0.611. The first kappa shape index (κ1) is 17.3. The molecule has 0 bridgehead atoms. The number of carboxylic acids is 1. The lowest BCUT2D eigenvalue weighted by Crippen LogP contribution is -2.15. The molecule has 1 heterocycles. The average molecular weight is 352 g/mol. The molecule has 0 spiro atoms. The fourth-order valence-corrected chi connectivity index (χ4v) is 3.65. The molecule has 0 amide bonds. The smallest absolute Gasteiger partial charge is 0.307 e. The molecule has 0 radical (unpaired) electrons. The average Bonchev–Trinajstić information content (AvgIpc) is 3.08. The van der Waals surface area contributed by atoms with E-state index in [9.17, 15) is 9.90 Å². The second-order valence-electron chi connectivity index (χ2n) is 5.75. The molecule has 2 N–H and O–H groups in total. The number of carboxylic acid groups (broad SMARTS) is 1. The number of thioether (sulfide) groups is 1. The van der Waals surface area contributed by atoms with Gasteiger partial charge in [-0.2, -0.15) is 0 Å². The number of rotatable bonds is 7. The summed E-state index contributed by atoms with van der Waals surface area (Å²) < 4.78 is 0. The van der Waals surface area contributed by atoms with Crippen molar-refractivity contribution < 1.29 is 9.90 Å². The summed E-state index contributed by atoms with van der Waals surface area (Å²) in [6, 6.07) is 20.1. The van der Waals surface area contributed by atoms with Gasteiger partial charge in [-0.25, -0.2) is 4.98 Å². The SMILES string of the molecule is CC[C@H](CSc1nc(-c2ccccc2)c(-c2ccccc2)[nH]1)C(=O)O. The number of aromatic amines is 1. The minimum Gasteiger partial charge on any atom is -0.481 e. The van der Waals surface area contributed by atoms with Gasteiger partial charge in [0.1, 0.15) is 0 Å². The van der Waals surface area contributed by atoms with E-state index in [1.807, 2.05) is 67.6 Å². The van der Waals surface area contributed by atoms with Gasteiger partial charge in [-0.1, -0.05) is 79.3 Å². The van der Waals surface area contributed by atoms with Crippen molar-refractivity contribution >= 4 is 17.7 Å². The lowest BCUT2D eigenvalue weighted by molar-refractivity contribution is -0.140. The second-order valence-corrected chi connectivity index (χ2v) is 6.76. The van der Waals surface area contributed by atoms with Crippen molar-refractivity contribution in [1.29, 1.82) is 0 Å². The molecule has 1 atom stereocenters. The molecular formula is C20H20N2O2S. The Morgan fingerprint density at radius 2 is 1.68 bits per heavy atom. The summed E-state index contributed by atoms with van der Waals surface area (Å²) in [6.45, 7) is 1.90. The van der Waals surface area contributed by atoms with E-state index < -0.39 is 5.97 Å². The largest absolute Gasteiger partial charge is 0.481 e. The quantitative estimate of drug-likeness (QED) is 0.591. The van der Waals surface area contributed by atoms with Gasteiger partial charge in [-0.3, -0.25) is 4.79 Å². The van der Waals surface area contributed by atoms with E-state index in [1.165, 1.54) is 11.8 Å². The maximum Gasteiger partial charge on any atom is 0.307 e. The normalized spacial score (nSPS) is 12.0. The minimum atomic E-state index is -0.756. The number of hydrogen-bond acceptors (Lipinski definition) is 3. The van der Waals surface area contributed by atoms with Crippen LogP contribution in [0.25, 0.3) is 22.5 Å². The van der Waals surface area contributed by atoms with E-state index in [0.717, 1.165) is 27.7 Å². The van der Waals surface area contributed by atoms with Gasteiger partial charge in [0, 0.05) is 16.9 Å². The number of H-pyrrole nitrogens is 1. The molecule has 5 heteroatoms. The van der Waals surface area contributed by atoms with E-state index in [1.54, 1.807) is 0 Å². The zero-order valence-electron chi connectivity index (χ0n) is 14.0. The number of nitrogens with zero attached hydrogens (tertiary/aromatic N) is 1. The Morgan fingerprint density at radius 1 is 1.08 bits per heavy atom. The third-order valence-electron chi connectivity index (χ3n) is 4.06. The van der Waals surface area contributed by atoms with Crippen LogP contribution >= 0.6 is 11.8 Å². The number of carbonyl (C=O) groups is 1. The number of imidazole rings is 1. The van der Waals surface area contributed by atoms with Crippen LogP contribution in [0.15, 0.2) is 65.8 Å². The van der Waals surface area contributed by atoms with Gasteiger partial charge in [0.05, 0.1) is 17.3 Å². The summed E-state index contributed by atoms with van der Waals surface area (Å²) in [4.78, 5) is 19.3. The molecule has 0 aliphatic heterocycles. The standard InChI is InChI=1S/C20H20N2O2S/c1-2-14(19(23)24)13-25-20-21-17(15-9-5-3-6-10-15)18(22-20)16-11-7-4-8-12-16/h3-12,14H,2,13H2,1H3,(H,21,22)(H,23,24)/t14-/m1/s1. The first-order chi connectivity index (χ1) is 12.2. The summed E-state index contributed by atoms with van der Waals surface area (Å²) in [5.41, 5.74) is 3.94. The van der Waals surface area contributed by atoms with Crippen molar-refractivity contribution in [2.24, 2.45) is 5.92 Å². The van der Waals surface area contributed by atoms with E-state index in [0.29, 0.717) is 12.2 Å². The Morgan fingerprint density at radius 3 is 2.24 bits per heavy atom. The Kier molecular flexibility index (Phi) is 5.56. The van der Waals surface area contributed by atoms with Gasteiger partial charge in [0.25, 0.3) is 0 Å². The van der Waals surface area contributed by atoms with E-state index in [-0.39, 0.29) is 5.92 Å². The van der Waals surface area contributed by atoms with Crippen molar-refractivity contribution in [3.8, 4) is 22.5 Å². The zero-order valence-corrected chi connectivity index (χ0v) is 14.8. The van der Waals surface area contributed by atoms with Gasteiger partial charge in [0.15, 0.2) is 5.16 Å². The van der Waals surface area contributed by atoms with Gasteiger partial charge in [0.2, 0.25) is 0 Å². The molecule has 0 saturated heterocycles. The molecule has 2 aromatic carbocycles. The zero-order chi connectivity index (χ0) is 17.6. The Balaban J connectivity index is 1.94. The van der Waals surface area contributed by atoms with Gasteiger partial charge < -0.3 is 10.1 Å². The molecule has 1 aromatic heterocycles. The third kappa shape index (κ3) is 4.12. The highest BCUT2D eigenvalue weighted by Gasteiger charge is 2.18. The predicted molar refractivity (Wildman–Crippen MR) is 102 cm³/mol. The van der Waals surface area contributed by atoms with Gasteiger partial charge >= 0.3 is 5.97 Å². The summed E-state index contributed by atoms with van der Waals surface area (Å²) in [5.74, 6) is -0.620. The van der Waals surface area contributed by atoms with Crippen LogP contribution in [0.1, 0.15) is 13.3 Å². The van der Waals surface area contributed by atoms with Gasteiger partial charge in [-0.05, 0) is 6.42 Å². The molecule has 3 aromatic rings. The number of aliphatic carboxylic acids is 1. The Bertz CT molecular complexity index is 774. The van der Waals surface area contributed by atoms with Crippen LogP contribution in [0.4, 0.5) is 0 Å². The fourth-order valence-electron chi connectivity index (χ4n) is 2.58.